The molecule has 0 aliphatic rings. The summed E-state index contributed by atoms with van der Waals surface area (Å²) < 4.78 is 5.29. The molecule has 0 saturated carbocycles. The van der Waals surface area contributed by atoms with E-state index in [-0.39, 0.29) is 18.2 Å². The lowest BCUT2D eigenvalue weighted by Gasteiger charge is -2.07. The van der Waals surface area contributed by atoms with Crippen LogP contribution in [-0.2, 0) is 16.0 Å². The molecule has 2 amide bonds. The SMILES string of the molecule is CCCC(=O)Nc1ccc(-c2csc(NC(=O)Cc3ccccc3OC)n2)cc1. The summed E-state index contributed by atoms with van der Waals surface area (Å²) in [5, 5.41) is 8.13. The van der Waals surface area contributed by atoms with Gasteiger partial charge in [0, 0.05) is 28.6 Å². The number of nitrogens with one attached hydrogen (secondary N) is 2. The molecule has 7 heteroatoms. The van der Waals surface area contributed by atoms with E-state index >= 15 is 0 Å². The quantitative estimate of drug-likeness (QED) is 0.563. The van der Waals surface area contributed by atoms with Crippen molar-refractivity contribution in [2.24, 2.45) is 0 Å². The molecule has 1 aromatic heterocycles. The Morgan fingerprint density at radius 2 is 1.79 bits per heavy atom. The monoisotopic (exact) mass is 409 g/mol. The van der Waals surface area contributed by atoms with E-state index in [1.54, 1.807) is 7.11 Å². The van der Waals surface area contributed by atoms with Gasteiger partial charge in [-0.3, -0.25) is 9.59 Å². The highest BCUT2D eigenvalue weighted by Crippen LogP contribution is 2.26. The molecular weight excluding hydrogens is 386 g/mol. The maximum atomic E-state index is 12.4. The topological polar surface area (TPSA) is 80.3 Å². The number of carbonyl (C=O) groups excluding carboxylic acids is 2. The number of nitrogens with zero attached hydrogens (tertiary/aromatic N) is 1. The Morgan fingerprint density at radius 3 is 2.52 bits per heavy atom. The largest absolute Gasteiger partial charge is 0.496 e. The summed E-state index contributed by atoms with van der Waals surface area (Å²) in [7, 11) is 1.59. The molecule has 2 aromatic carbocycles. The van der Waals surface area contributed by atoms with Crippen LogP contribution >= 0.6 is 11.3 Å². The maximum Gasteiger partial charge on any atom is 0.230 e. The normalized spacial score (nSPS) is 10.4. The Kier molecular flexibility index (Phi) is 6.97. The highest BCUT2D eigenvalue weighted by molar-refractivity contribution is 7.14. The van der Waals surface area contributed by atoms with Gasteiger partial charge in [-0.2, -0.15) is 0 Å². The van der Waals surface area contributed by atoms with Gasteiger partial charge in [0.25, 0.3) is 0 Å². The molecule has 150 valence electrons. The molecule has 0 aliphatic heterocycles. The predicted molar refractivity (Wildman–Crippen MR) is 116 cm³/mol. The van der Waals surface area contributed by atoms with Gasteiger partial charge in [0.15, 0.2) is 5.13 Å². The molecule has 0 aliphatic carbocycles. The molecular formula is C22H23N3O3S. The number of thiazole rings is 1. The summed E-state index contributed by atoms with van der Waals surface area (Å²) in [6, 6.07) is 14.9. The van der Waals surface area contributed by atoms with Crippen LogP contribution in [0.4, 0.5) is 10.8 Å². The van der Waals surface area contributed by atoms with Crippen molar-refractivity contribution in [2.45, 2.75) is 26.2 Å². The Labute approximate surface area is 173 Å². The van der Waals surface area contributed by atoms with Crippen molar-refractivity contribution in [1.82, 2.24) is 4.98 Å². The molecule has 29 heavy (non-hydrogen) atoms. The van der Waals surface area contributed by atoms with Crippen LogP contribution in [-0.4, -0.2) is 23.9 Å². The first kappa shape index (κ1) is 20.5. The molecule has 0 unspecified atom stereocenters. The third kappa shape index (κ3) is 5.65. The van der Waals surface area contributed by atoms with E-state index in [0.717, 1.165) is 28.9 Å². The molecule has 0 saturated heterocycles. The van der Waals surface area contributed by atoms with Crippen LogP contribution in [0.3, 0.4) is 0 Å². The van der Waals surface area contributed by atoms with Gasteiger partial charge in [0.1, 0.15) is 5.75 Å². The zero-order valence-electron chi connectivity index (χ0n) is 16.4. The van der Waals surface area contributed by atoms with Gasteiger partial charge >= 0.3 is 0 Å². The molecule has 0 atom stereocenters. The van der Waals surface area contributed by atoms with Crippen molar-refractivity contribution in [3.63, 3.8) is 0 Å². The number of anilines is 2. The van der Waals surface area contributed by atoms with Gasteiger partial charge in [-0.25, -0.2) is 4.98 Å². The van der Waals surface area contributed by atoms with Gasteiger partial charge in [-0.15, -0.1) is 11.3 Å². The van der Waals surface area contributed by atoms with Gasteiger partial charge in [0.05, 0.1) is 19.2 Å². The van der Waals surface area contributed by atoms with Crippen molar-refractivity contribution in [2.75, 3.05) is 17.7 Å². The van der Waals surface area contributed by atoms with Crippen LogP contribution in [0.25, 0.3) is 11.3 Å². The first-order valence-electron chi connectivity index (χ1n) is 9.36. The van der Waals surface area contributed by atoms with Gasteiger partial charge in [-0.1, -0.05) is 37.3 Å². The molecule has 3 aromatic rings. The molecule has 2 N–H and O–H groups in total. The summed E-state index contributed by atoms with van der Waals surface area (Å²) >= 11 is 1.37. The second-order valence-electron chi connectivity index (χ2n) is 6.45. The Balaban J connectivity index is 1.61. The van der Waals surface area contributed by atoms with Gasteiger partial charge in [-0.05, 0) is 24.6 Å². The lowest BCUT2D eigenvalue weighted by Crippen LogP contribution is -2.14. The molecule has 0 fully saturated rings. The predicted octanol–water partition coefficient (Wildman–Crippen LogP) is 4.74. The van der Waals surface area contributed by atoms with Crippen molar-refractivity contribution in [1.29, 1.82) is 0 Å². The fraction of sp³-hybridized carbons (Fsp3) is 0.227. The van der Waals surface area contributed by atoms with Crippen LogP contribution in [0, 0.1) is 0 Å². The number of methoxy groups -OCH3 is 1. The van der Waals surface area contributed by atoms with Crippen LogP contribution in [0.1, 0.15) is 25.3 Å². The Morgan fingerprint density at radius 1 is 1.03 bits per heavy atom. The minimum atomic E-state index is -0.149. The number of ether oxygens (including phenoxy) is 1. The third-order valence-corrected chi connectivity index (χ3v) is 4.99. The number of rotatable bonds is 8. The molecule has 1 heterocycles. The standard InChI is InChI=1S/C22H23N3O3S/c1-3-6-20(26)23-17-11-9-15(10-12-17)18-14-29-22(24-18)25-21(27)13-16-7-4-5-8-19(16)28-2/h4-5,7-12,14H,3,6,13H2,1-2H3,(H,23,26)(H,24,25,27). The van der Waals surface area contributed by atoms with Crippen LogP contribution in [0.5, 0.6) is 5.75 Å². The van der Waals surface area contributed by atoms with Crippen molar-refractivity contribution < 1.29 is 14.3 Å². The fourth-order valence-corrected chi connectivity index (χ4v) is 3.56. The van der Waals surface area contributed by atoms with E-state index in [1.807, 2.05) is 60.8 Å². The van der Waals surface area contributed by atoms with E-state index in [2.05, 4.69) is 15.6 Å². The van der Waals surface area contributed by atoms with Crippen LogP contribution < -0.4 is 15.4 Å². The lowest BCUT2D eigenvalue weighted by molar-refractivity contribution is -0.116. The molecule has 0 radical (unpaired) electrons. The summed E-state index contributed by atoms with van der Waals surface area (Å²) in [6.07, 6.45) is 1.53. The van der Waals surface area contributed by atoms with E-state index in [0.29, 0.717) is 17.3 Å². The average molecular weight is 410 g/mol. The zero-order chi connectivity index (χ0) is 20.6. The highest BCUT2D eigenvalue weighted by atomic mass is 32.1. The zero-order valence-corrected chi connectivity index (χ0v) is 17.2. The second kappa shape index (κ2) is 9.84. The number of carbonyl (C=O) groups is 2. The number of hydrogen-bond donors (Lipinski definition) is 2. The third-order valence-electron chi connectivity index (χ3n) is 4.24. The molecule has 0 spiro atoms. The summed E-state index contributed by atoms with van der Waals surface area (Å²) in [6.45, 7) is 1.97. The van der Waals surface area contributed by atoms with Crippen molar-refractivity contribution in [3.05, 3.63) is 59.5 Å². The number of hydrogen-bond acceptors (Lipinski definition) is 5. The first-order chi connectivity index (χ1) is 14.1. The molecule has 0 bridgehead atoms. The van der Waals surface area contributed by atoms with E-state index in [4.69, 9.17) is 4.74 Å². The highest BCUT2D eigenvalue weighted by Gasteiger charge is 2.11. The lowest BCUT2D eigenvalue weighted by atomic mass is 10.1. The van der Waals surface area contributed by atoms with Crippen molar-refractivity contribution >= 4 is 34.0 Å². The Bertz CT molecular complexity index is 983. The number of benzene rings is 2. The van der Waals surface area contributed by atoms with E-state index < -0.39 is 0 Å². The molecule has 6 nitrogen and oxygen atoms in total. The van der Waals surface area contributed by atoms with Crippen LogP contribution in [0.15, 0.2) is 53.9 Å². The second-order valence-corrected chi connectivity index (χ2v) is 7.31. The van der Waals surface area contributed by atoms with Crippen molar-refractivity contribution in [3.8, 4) is 17.0 Å². The summed E-state index contributed by atoms with van der Waals surface area (Å²) in [4.78, 5) is 28.5. The number of amides is 2. The van der Waals surface area contributed by atoms with Crippen LogP contribution in [0.2, 0.25) is 0 Å². The van der Waals surface area contributed by atoms with E-state index in [9.17, 15) is 9.59 Å². The summed E-state index contributed by atoms with van der Waals surface area (Å²) in [5.74, 6) is 0.548. The summed E-state index contributed by atoms with van der Waals surface area (Å²) in [5.41, 5.74) is 3.27. The molecule has 3 rings (SSSR count). The minimum absolute atomic E-state index is 0.00829. The minimum Gasteiger partial charge on any atom is -0.496 e. The number of aromatic nitrogens is 1. The smallest absolute Gasteiger partial charge is 0.230 e. The fourth-order valence-electron chi connectivity index (χ4n) is 2.82. The first-order valence-corrected chi connectivity index (χ1v) is 10.2. The maximum absolute atomic E-state index is 12.4. The number of para-hydroxylation sites is 1. The average Bonchev–Trinajstić information content (AvgIpc) is 3.17. The van der Waals surface area contributed by atoms with E-state index in [1.165, 1.54) is 11.3 Å². The Hall–Kier alpha value is -3.19. The van der Waals surface area contributed by atoms with Gasteiger partial charge in [0.2, 0.25) is 11.8 Å². The van der Waals surface area contributed by atoms with Gasteiger partial charge < -0.3 is 15.4 Å².